The van der Waals surface area contributed by atoms with Gasteiger partial charge in [0.1, 0.15) is 6.04 Å². The van der Waals surface area contributed by atoms with E-state index < -0.39 is 18.2 Å². The second kappa shape index (κ2) is 8.20. The van der Waals surface area contributed by atoms with E-state index in [2.05, 4.69) is 20.8 Å². The number of rotatable bonds is 9. The molecule has 9 heteroatoms. The summed E-state index contributed by atoms with van der Waals surface area (Å²) in [5.41, 5.74) is 0.300. The Bertz CT molecular complexity index is 714. The van der Waals surface area contributed by atoms with Gasteiger partial charge >= 0.3 is 12.2 Å². The molecule has 0 spiro atoms. The molecule has 0 saturated heterocycles. The molecule has 1 heterocycles. The molecule has 1 aromatic rings. The summed E-state index contributed by atoms with van der Waals surface area (Å²) in [5.74, 6) is 3.56. The smallest absolute Gasteiger partial charge is 0.405 e. The summed E-state index contributed by atoms with van der Waals surface area (Å²) in [4.78, 5) is 26.2. The predicted octanol–water partition coefficient (Wildman–Crippen LogP) is 3.58. The third kappa shape index (κ3) is 4.82. The Kier molecular flexibility index (Phi) is 5.65. The van der Waals surface area contributed by atoms with Gasteiger partial charge in [0.2, 0.25) is 5.89 Å². The van der Waals surface area contributed by atoms with E-state index in [9.17, 15) is 9.59 Å². The van der Waals surface area contributed by atoms with Crippen molar-refractivity contribution < 1.29 is 24.3 Å². The average Bonchev–Trinajstić information content (AvgIpc) is 3.06. The molecular weight excluding hydrogens is 376 g/mol. The van der Waals surface area contributed by atoms with E-state index in [1.165, 1.54) is 38.5 Å². The van der Waals surface area contributed by atoms with Gasteiger partial charge in [0.05, 0.1) is 0 Å². The Morgan fingerprint density at radius 1 is 1.07 bits per heavy atom. The van der Waals surface area contributed by atoms with Crippen molar-refractivity contribution in [3.63, 3.8) is 0 Å². The van der Waals surface area contributed by atoms with Crippen LogP contribution in [0.2, 0.25) is 0 Å². The van der Waals surface area contributed by atoms with Crippen LogP contribution in [0.1, 0.15) is 75.5 Å². The molecule has 4 bridgehead atoms. The van der Waals surface area contributed by atoms with Crippen LogP contribution < -0.4 is 10.6 Å². The van der Waals surface area contributed by atoms with E-state index in [0.717, 1.165) is 24.2 Å². The first-order chi connectivity index (χ1) is 13.9. The highest BCUT2D eigenvalue weighted by Crippen LogP contribution is 2.60. The minimum Gasteiger partial charge on any atom is -0.465 e. The lowest BCUT2D eigenvalue weighted by molar-refractivity contribution is -0.0533. The monoisotopic (exact) mass is 406 g/mol. The fraction of sp³-hybridized carbons (Fsp3) is 0.800. The molecule has 1 aromatic heterocycles. The Morgan fingerprint density at radius 2 is 1.72 bits per heavy atom. The number of unbranched alkanes of at least 4 members (excludes halogenated alkanes) is 1. The van der Waals surface area contributed by atoms with Gasteiger partial charge in [-0.05, 0) is 81.0 Å². The SMILES string of the molecule is O=C(O)NCCCCC(NC(=O)O)c1nc(CC23CC4CC(CC(C4)C2)C3)no1. The molecule has 5 rings (SSSR count). The third-order valence-corrected chi connectivity index (χ3v) is 6.97. The van der Waals surface area contributed by atoms with E-state index in [0.29, 0.717) is 42.9 Å². The van der Waals surface area contributed by atoms with Gasteiger partial charge in [-0.2, -0.15) is 4.98 Å². The van der Waals surface area contributed by atoms with Gasteiger partial charge in [0.25, 0.3) is 0 Å². The van der Waals surface area contributed by atoms with Gasteiger partial charge in [-0.1, -0.05) is 5.16 Å². The molecular formula is C20H30N4O5. The first kappa shape index (κ1) is 20.0. The number of hydrogen-bond acceptors (Lipinski definition) is 5. The zero-order valence-electron chi connectivity index (χ0n) is 16.6. The fourth-order valence-electron chi connectivity index (χ4n) is 6.40. The van der Waals surface area contributed by atoms with Crippen LogP contribution >= 0.6 is 0 Å². The lowest BCUT2D eigenvalue weighted by Crippen LogP contribution is -2.47. The molecule has 4 aliphatic rings. The second-order valence-corrected chi connectivity index (χ2v) is 9.37. The van der Waals surface area contributed by atoms with E-state index >= 15 is 0 Å². The lowest BCUT2D eigenvalue weighted by Gasteiger charge is -2.56. The van der Waals surface area contributed by atoms with Crippen molar-refractivity contribution in [2.45, 2.75) is 70.3 Å². The standard InChI is InChI=1S/C20H30N4O5/c25-18(26)21-4-2-1-3-15(22-19(27)28)17-23-16(24-29-17)11-20-8-12-5-13(9-20)7-14(6-12)10-20/h12-15,21-22H,1-11H2,(H,25,26)(H,27,28). The van der Waals surface area contributed by atoms with Crippen LogP contribution in [0.4, 0.5) is 9.59 Å². The third-order valence-electron chi connectivity index (χ3n) is 6.97. The molecule has 9 nitrogen and oxygen atoms in total. The Labute approximate surface area is 169 Å². The van der Waals surface area contributed by atoms with Crippen molar-refractivity contribution in [3.05, 3.63) is 11.7 Å². The molecule has 160 valence electrons. The molecule has 29 heavy (non-hydrogen) atoms. The maximum Gasteiger partial charge on any atom is 0.405 e. The summed E-state index contributed by atoms with van der Waals surface area (Å²) in [6.07, 6.45) is 8.29. The molecule has 1 atom stereocenters. The van der Waals surface area contributed by atoms with Crippen LogP contribution in [-0.2, 0) is 6.42 Å². The summed E-state index contributed by atoms with van der Waals surface area (Å²) in [5, 5.41) is 26.7. The van der Waals surface area contributed by atoms with Crippen molar-refractivity contribution in [1.82, 2.24) is 20.8 Å². The highest BCUT2D eigenvalue weighted by Gasteiger charge is 2.51. The molecule has 4 aliphatic carbocycles. The fourth-order valence-corrected chi connectivity index (χ4v) is 6.40. The maximum atomic E-state index is 11.2. The Balaban J connectivity index is 1.36. The van der Waals surface area contributed by atoms with Crippen molar-refractivity contribution >= 4 is 12.2 Å². The second-order valence-electron chi connectivity index (χ2n) is 9.37. The predicted molar refractivity (Wildman–Crippen MR) is 102 cm³/mol. The van der Waals surface area contributed by atoms with Crippen molar-refractivity contribution in [2.75, 3.05) is 6.54 Å². The van der Waals surface area contributed by atoms with E-state index in [1.54, 1.807) is 0 Å². The zero-order chi connectivity index (χ0) is 20.4. The molecule has 0 aromatic carbocycles. The topological polar surface area (TPSA) is 138 Å². The largest absolute Gasteiger partial charge is 0.465 e. The average molecular weight is 406 g/mol. The summed E-state index contributed by atoms with van der Waals surface area (Å²) in [7, 11) is 0. The van der Waals surface area contributed by atoms with E-state index in [1.807, 2.05) is 0 Å². The number of amides is 2. The minimum atomic E-state index is -1.14. The van der Waals surface area contributed by atoms with Crippen LogP contribution in [0.3, 0.4) is 0 Å². The van der Waals surface area contributed by atoms with Crippen LogP contribution in [-0.4, -0.2) is 39.1 Å². The lowest BCUT2D eigenvalue weighted by atomic mass is 9.49. The molecule has 0 radical (unpaired) electrons. The van der Waals surface area contributed by atoms with Gasteiger partial charge in [-0.15, -0.1) is 0 Å². The van der Waals surface area contributed by atoms with Crippen LogP contribution in [0, 0.1) is 23.2 Å². The number of nitrogens with zero attached hydrogens (tertiary/aromatic N) is 2. The number of carboxylic acid groups (broad SMARTS) is 2. The number of nitrogens with one attached hydrogen (secondary N) is 2. The summed E-state index contributed by atoms with van der Waals surface area (Å²) in [6, 6.07) is -0.574. The van der Waals surface area contributed by atoms with Crippen molar-refractivity contribution in [3.8, 4) is 0 Å². The molecule has 4 saturated carbocycles. The first-order valence-electron chi connectivity index (χ1n) is 10.7. The highest BCUT2D eigenvalue weighted by molar-refractivity contribution is 5.65. The van der Waals surface area contributed by atoms with Crippen LogP contribution in [0.15, 0.2) is 4.52 Å². The van der Waals surface area contributed by atoms with Crippen LogP contribution in [0.5, 0.6) is 0 Å². The van der Waals surface area contributed by atoms with Crippen molar-refractivity contribution in [1.29, 1.82) is 0 Å². The number of hydrogen-bond donors (Lipinski definition) is 4. The Hall–Kier alpha value is -2.32. The highest BCUT2D eigenvalue weighted by atomic mass is 16.5. The van der Waals surface area contributed by atoms with Gasteiger partial charge in [0, 0.05) is 13.0 Å². The van der Waals surface area contributed by atoms with Gasteiger partial charge in [-0.3, -0.25) is 0 Å². The minimum absolute atomic E-state index is 0.300. The Morgan fingerprint density at radius 3 is 2.31 bits per heavy atom. The summed E-state index contributed by atoms with van der Waals surface area (Å²) in [6.45, 7) is 0.330. The van der Waals surface area contributed by atoms with Gasteiger partial charge < -0.3 is 25.4 Å². The molecule has 1 unspecified atom stereocenters. The van der Waals surface area contributed by atoms with E-state index in [-0.39, 0.29) is 0 Å². The van der Waals surface area contributed by atoms with Gasteiger partial charge in [-0.25, -0.2) is 9.59 Å². The van der Waals surface area contributed by atoms with E-state index in [4.69, 9.17) is 14.7 Å². The van der Waals surface area contributed by atoms with Crippen molar-refractivity contribution in [2.24, 2.45) is 23.2 Å². The normalized spacial score (nSPS) is 30.8. The number of aromatic nitrogens is 2. The zero-order valence-corrected chi connectivity index (χ0v) is 16.6. The maximum absolute atomic E-state index is 11.2. The molecule has 2 amide bonds. The summed E-state index contributed by atoms with van der Waals surface area (Å²) >= 11 is 0. The molecule has 4 N–H and O–H groups in total. The first-order valence-corrected chi connectivity index (χ1v) is 10.7. The quantitative estimate of drug-likeness (QED) is 0.460. The van der Waals surface area contributed by atoms with Gasteiger partial charge in [0.15, 0.2) is 5.82 Å². The number of carbonyl (C=O) groups is 2. The molecule has 0 aliphatic heterocycles. The van der Waals surface area contributed by atoms with Crippen LogP contribution in [0.25, 0.3) is 0 Å². The summed E-state index contributed by atoms with van der Waals surface area (Å²) < 4.78 is 5.44. The molecule has 4 fully saturated rings.